The molecule has 1 heterocycles. The molecule has 0 aliphatic carbocycles. The summed E-state index contributed by atoms with van der Waals surface area (Å²) in [6.45, 7) is 0.999. The Morgan fingerprint density at radius 1 is 1.79 bits per heavy atom. The third-order valence-corrected chi connectivity index (χ3v) is 1.54. The highest BCUT2D eigenvalue weighted by molar-refractivity contribution is 5.91. The fourth-order valence-electron chi connectivity index (χ4n) is 0.883. The molecule has 1 aromatic heterocycles. The number of hydrogen-bond donors (Lipinski definition) is 1. The molecule has 0 fully saturated rings. The van der Waals surface area contributed by atoms with Gasteiger partial charge in [0.05, 0.1) is 0 Å². The van der Waals surface area contributed by atoms with Crippen LogP contribution in [0.2, 0.25) is 0 Å². The van der Waals surface area contributed by atoms with Crippen molar-refractivity contribution in [2.75, 3.05) is 6.67 Å². The number of halogens is 1. The number of carbonyl (C=O) groups excluding carboxylic acids is 1. The second-order valence-corrected chi connectivity index (χ2v) is 2.82. The molecule has 0 aliphatic heterocycles. The van der Waals surface area contributed by atoms with Crippen molar-refractivity contribution in [1.82, 2.24) is 4.98 Å². The first-order chi connectivity index (χ1) is 6.63. The maximum absolute atomic E-state index is 12.1. The van der Waals surface area contributed by atoms with E-state index in [9.17, 15) is 9.18 Å². The summed E-state index contributed by atoms with van der Waals surface area (Å²) in [5.74, 6) is -0.248. The summed E-state index contributed by atoms with van der Waals surface area (Å²) in [6, 6.07) is 2.92. The van der Waals surface area contributed by atoms with Gasteiger partial charge in [-0.2, -0.15) is 0 Å². The summed E-state index contributed by atoms with van der Waals surface area (Å²) in [5, 5.41) is 0. The van der Waals surface area contributed by atoms with Crippen LogP contribution >= 0.6 is 0 Å². The van der Waals surface area contributed by atoms with Crippen molar-refractivity contribution in [2.24, 2.45) is 5.73 Å². The number of nitrogens with two attached hydrogens (primary N) is 1. The smallest absolute Gasteiger partial charge is 0.267 e. The summed E-state index contributed by atoms with van der Waals surface area (Å²) in [7, 11) is 0. The number of amides is 1. The number of primary amides is 1. The van der Waals surface area contributed by atoms with Gasteiger partial charge in [-0.1, -0.05) is 0 Å². The standard InChI is InChI=1S/C9H11FN2O2/c1-6(5-10)14-7-2-3-12-8(4-7)9(11)13/h2-4,6H,5H2,1H3,(H2,11,13)/t6-/m1/s1. The molecule has 14 heavy (non-hydrogen) atoms. The number of hydrogen-bond acceptors (Lipinski definition) is 3. The average molecular weight is 198 g/mol. The van der Waals surface area contributed by atoms with Gasteiger partial charge in [0, 0.05) is 12.3 Å². The first-order valence-corrected chi connectivity index (χ1v) is 4.12. The van der Waals surface area contributed by atoms with Crippen LogP contribution in [-0.2, 0) is 0 Å². The number of pyridine rings is 1. The average Bonchev–Trinajstić information content (AvgIpc) is 2.18. The van der Waals surface area contributed by atoms with Crippen LogP contribution in [0.1, 0.15) is 17.4 Å². The lowest BCUT2D eigenvalue weighted by atomic mass is 10.3. The second kappa shape index (κ2) is 4.55. The van der Waals surface area contributed by atoms with Crippen LogP contribution in [0.4, 0.5) is 4.39 Å². The monoisotopic (exact) mass is 198 g/mol. The Kier molecular flexibility index (Phi) is 3.39. The first kappa shape index (κ1) is 10.4. The van der Waals surface area contributed by atoms with Crippen LogP contribution < -0.4 is 10.5 Å². The van der Waals surface area contributed by atoms with E-state index in [4.69, 9.17) is 10.5 Å². The molecule has 1 aromatic rings. The summed E-state index contributed by atoms with van der Waals surface area (Å²) in [5.41, 5.74) is 5.12. The zero-order chi connectivity index (χ0) is 10.6. The predicted molar refractivity (Wildman–Crippen MR) is 48.8 cm³/mol. The van der Waals surface area contributed by atoms with E-state index < -0.39 is 18.7 Å². The molecule has 1 rings (SSSR count). The van der Waals surface area contributed by atoms with Crippen molar-refractivity contribution >= 4 is 5.91 Å². The third-order valence-electron chi connectivity index (χ3n) is 1.54. The van der Waals surface area contributed by atoms with E-state index >= 15 is 0 Å². The van der Waals surface area contributed by atoms with Gasteiger partial charge in [0.25, 0.3) is 5.91 Å². The number of ether oxygens (including phenoxy) is 1. The SMILES string of the molecule is C[C@H](CF)Oc1ccnc(C(N)=O)c1. The molecule has 1 amide bonds. The maximum atomic E-state index is 12.1. The topological polar surface area (TPSA) is 65.2 Å². The number of carbonyl (C=O) groups is 1. The van der Waals surface area contributed by atoms with Gasteiger partial charge in [-0.15, -0.1) is 0 Å². The third kappa shape index (κ3) is 2.69. The molecule has 0 unspecified atom stereocenters. The van der Waals surface area contributed by atoms with Crippen molar-refractivity contribution in [2.45, 2.75) is 13.0 Å². The van der Waals surface area contributed by atoms with Crippen molar-refractivity contribution in [3.05, 3.63) is 24.0 Å². The van der Waals surface area contributed by atoms with Crippen molar-refractivity contribution in [3.8, 4) is 5.75 Å². The van der Waals surface area contributed by atoms with Crippen LogP contribution in [0.25, 0.3) is 0 Å². The van der Waals surface area contributed by atoms with E-state index in [2.05, 4.69) is 4.98 Å². The number of aromatic nitrogens is 1. The first-order valence-electron chi connectivity index (χ1n) is 4.12. The van der Waals surface area contributed by atoms with Gasteiger partial charge >= 0.3 is 0 Å². The summed E-state index contributed by atoms with van der Waals surface area (Å²) < 4.78 is 17.2. The van der Waals surface area contributed by atoms with Gasteiger partial charge in [0.15, 0.2) is 0 Å². The second-order valence-electron chi connectivity index (χ2n) is 2.82. The highest BCUT2D eigenvalue weighted by Crippen LogP contribution is 2.12. The molecule has 0 spiro atoms. The van der Waals surface area contributed by atoms with Crippen LogP contribution in [0.5, 0.6) is 5.75 Å². The van der Waals surface area contributed by atoms with Gasteiger partial charge < -0.3 is 10.5 Å². The highest BCUT2D eigenvalue weighted by atomic mass is 19.1. The maximum Gasteiger partial charge on any atom is 0.267 e. The van der Waals surface area contributed by atoms with Crippen molar-refractivity contribution < 1.29 is 13.9 Å². The molecule has 0 aromatic carbocycles. The summed E-state index contributed by atoms with van der Waals surface area (Å²) in [6.07, 6.45) is 0.846. The molecule has 0 radical (unpaired) electrons. The van der Waals surface area contributed by atoms with E-state index in [-0.39, 0.29) is 5.69 Å². The normalized spacial score (nSPS) is 12.1. The Bertz CT molecular complexity index is 330. The van der Waals surface area contributed by atoms with Crippen LogP contribution in [0.15, 0.2) is 18.3 Å². The molecule has 0 saturated carbocycles. The van der Waals surface area contributed by atoms with Crippen LogP contribution in [0.3, 0.4) is 0 Å². The van der Waals surface area contributed by atoms with Gasteiger partial charge in [-0.25, -0.2) is 4.39 Å². The Morgan fingerprint density at radius 3 is 3.07 bits per heavy atom. The summed E-state index contributed by atoms with van der Waals surface area (Å²) >= 11 is 0. The lowest BCUT2D eigenvalue weighted by molar-refractivity contribution is 0.0994. The lowest BCUT2D eigenvalue weighted by Gasteiger charge is -2.10. The van der Waals surface area contributed by atoms with Gasteiger partial charge in [-0.05, 0) is 13.0 Å². The van der Waals surface area contributed by atoms with Crippen LogP contribution in [-0.4, -0.2) is 23.7 Å². The zero-order valence-corrected chi connectivity index (χ0v) is 7.74. The van der Waals surface area contributed by atoms with E-state index in [1.165, 1.54) is 12.3 Å². The molecule has 0 bridgehead atoms. The zero-order valence-electron chi connectivity index (χ0n) is 7.74. The fourth-order valence-corrected chi connectivity index (χ4v) is 0.883. The summed E-state index contributed by atoms with van der Waals surface area (Å²) in [4.78, 5) is 14.5. The van der Waals surface area contributed by atoms with Gasteiger partial charge in [0.2, 0.25) is 0 Å². The Labute approximate surface area is 80.9 Å². The van der Waals surface area contributed by atoms with E-state index in [1.54, 1.807) is 13.0 Å². The molecule has 0 aliphatic rings. The largest absolute Gasteiger partial charge is 0.488 e. The molecule has 1 atom stereocenters. The quantitative estimate of drug-likeness (QED) is 0.782. The predicted octanol–water partition coefficient (Wildman–Crippen LogP) is 0.917. The fraction of sp³-hybridized carbons (Fsp3) is 0.333. The minimum atomic E-state index is -0.636. The molecular formula is C9H11FN2O2. The Morgan fingerprint density at radius 2 is 2.50 bits per heavy atom. The van der Waals surface area contributed by atoms with E-state index in [1.807, 2.05) is 0 Å². The number of nitrogens with zero attached hydrogens (tertiary/aromatic N) is 1. The Hall–Kier alpha value is -1.65. The Balaban J connectivity index is 2.78. The van der Waals surface area contributed by atoms with Gasteiger partial charge in [0.1, 0.15) is 24.2 Å². The lowest BCUT2D eigenvalue weighted by Crippen LogP contribution is -2.16. The molecule has 4 nitrogen and oxygen atoms in total. The minimum absolute atomic E-state index is 0.105. The molecular weight excluding hydrogens is 187 g/mol. The minimum Gasteiger partial charge on any atom is -0.488 e. The molecule has 5 heteroatoms. The number of alkyl halides is 1. The van der Waals surface area contributed by atoms with Crippen LogP contribution in [0, 0.1) is 0 Å². The van der Waals surface area contributed by atoms with E-state index in [0.29, 0.717) is 5.75 Å². The van der Waals surface area contributed by atoms with Gasteiger partial charge in [-0.3, -0.25) is 9.78 Å². The molecule has 2 N–H and O–H groups in total. The van der Waals surface area contributed by atoms with Crippen molar-refractivity contribution in [1.29, 1.82) is 0 Å². The van der Waals surface area contributed by atoms with E-state index in [0.717, 1.165) is 0 Å². The van der Waals surface area contributed by atoms with Crippen molar-refractivity contribution in [3.63, 3.8) is 0 Å². The highest BCUT2D eigenvalue weighted by Gasteiger charge is 2.06. The molecule has 76 valence electrons. The molecule has 0 saturated heterocycles. The number of rotatable bonds is 4.